The Morgan fingerprint density at radius 3 is 2.46 bits per heavy atom. The predicted molar refractivity (Wildman–Crippen MR) is 108 cm³/mol. The Morgan fingerprint density at radius 1 is 1.08 bits per heavy atom. The average molecular weight is 365 g/mol. The zero-order chi connectivity index (χ0) is 18.5. The van der Waals surface area contributed by atoms with Crippen LogP contribution in [0, 0.1) is 13.8 Å². The lowest BCUT2D eigenvalue weighted by Crippen LogP contribution is -2.28. The molecule has 0 spiro atoms. The fraction of sp³-hybridized carbons (Fsp3) is 0.273. The first-order valence-electron chi connectivity index (χ1n) is 8.95. The number of hydrogen-bond donors (Lipinski definition) is 1. The number of hydrogen-bond acceptors (Lipinski definition) is 3. The van der Waals surface area contributed by atoms with Crippen molar-refractivity contribution in [2.75, 3.05) is 0 Å². The van der Waals surface area contributed by atoms with Crippen molar-refractivity contribution in [1.29, 1.82) is 0 Å². The quantitative estimate of drug-likeness (QED) is 0.650. The van der Waals surface area contributed by atoms with Crippen LogP contribution in [0.5, 0.6) is 0 Å². The van der Waals surface area contributed by atoms with Gasteiger partial charge in [-0.25, -0.2) is 4.98 Å². The second-order valence-electron chi connectivity index (χ2n) is 6.43. The molecule has 1 aromatic heterocycles. The van der Waals surface area contributed by atoms with Crippen LogP contribution in [-0.4, -0.2) is 10.9 Å². The lowest BCUT2D eigenvalue weighted by atomic mass is 9.96. The summed E-state index contributed by atoms with van der Waals surface area (Å²) in [7, 11) is 0. The van der Waals surface area contributed by atoms with Crippen LogP contribution >= 0.6 is 11.3 Å². The number of rotatable bonds is 6. The maximum absolute atomic E-state index is 12.7. The van der Waals surface area contributed by atoms with E-state index in [1.807, 2.05) is 56.3 Å². The van der Waals surface area contributed by atoms with Gasteiger partial charge in [-0.3, -0.25) is 4.79 Å². The summed E-state index contributed by atoms with van der Waals surface area (Å²) in [5.74, 6) is -0.0378. The number of carbonyl (C=O) groups excluding carboxylic acids is 1. The van der Waals surface area contributed by atoms with Crippen molar-refractivity contribution < 1.29 is 4.79 Å². The van der Waals surface area contributed by atoms with Crippen LogP contribution in [0.15, 0.2) is 54.6 Å². The van der Waals surface area contributed by atoms with Gasteiger partial charge in [0.1, 0.15) is 5.01 Å². The normalized spacial score (nSPS) is 12.0. The molecule has 26 heavy (non-hydrogen) atoms. The van der Waals surface area contributed by atoms with Crippen molar-refractivity contribution >= 4 is 17.2 Å². The van der Waals surface area contributed by atoms with Crippen molar-refractivity contribution in [2.24, 2.45) is 0 Å². The number of nitrogens with one attached hydrogen (secondary N) is 1. The molecular weight excluding hydrogens is 340 g/mol. The van der Waals surface area contributed by atoms with Gasteiger partial charge in [0.15, 0.2) is 0 Å². The first-order chi connectivity index (χ1) is 12.6. The van der Waals surface area contributed by atoms with E-state index < -0.39 is 0 Å². The van der Waals surface area contributed by atoms with E-state index in [0.717, 1.165) is 33.1 Å². The Balaban J connectivity index is 1.72. The largest absolute Gasteiger partial charge is 0.351 e. The maximum Gasteiger partial charge on any atom is 0.227 e. The molecule has 1 heterocycles. The van der Waals surface area contributed by atoms with E-state index in [9.17, 15) is 4.79 Å². The fourth-order valence-corrected chi connectivity index (χ4v) is 4.16. The number of amides is 1. The fourth-order valence-electron chi connectivity index (χ4n) is 3.07. The summed E-state index contributed by atoms with van der Waals surface area (Å²) in [6, 6.07) is 18.2. The average Bonchev–Trinajstić information content (AvgIpc) is 3.02. The molecule has 1 atom stereocenters. The number of thiazole rings is 1. The van der Waals surface area contributed by atoms with Gasteiger partial charge in [-0.05, 0) is 31.4 Å². The molecule has 2 aromatic carbocycles. The Morgan fingerprint density at radius 2 is 1.77 bits per heavy atom. The minimum atomic E-state index is -0.111. The Hall–Kier alpha value is -2.46. The van der Waals surface area contributed by atoms with Crippen molar-refractivity contribution in [3.63, 3.8) is 0 Å². The van der Waals surface area contributed by atoms with Crippen LogP contribution in [0.25, 0.3) is 10.6 Å². The number of aromatic nitrogens is 1. The molecule has 0 radical (unpaired) electrons. The van der Waals surface area contributed by atoms with Gasteiger partial charge < -0.3 is 5.32 Å². The van der Waals surface area contributed by atoms with E-state index in [1.54, 1.807) is 11.3 Å². The van der Waals surface area contributed by atoms with E-state index >= 15 is 0 Å². The third-order valence-electron chi connectivity index (χ3n) is 4.62. The van der Waals surface area contributed by atoms with Crippen LogP contribution in [0.3, 0.4) is 0 Å². The third kappa shape index (κ3) is 4.02. The molecule has 0 aliphatic carbocycles. The summed E-state index contributed by atoms with van der Waals surface area (Å²) in [4.78, 5) is 18.5. The van der Waals surface area contributed by atoms with E-state index in [4.69, 9.17) is 4.98 Å². The van der Waals surface area contributed by atoms with Gasteiger partial charge in [0.2, 0.25) is 5.91 Å². The highest BCUT2D eigenvalue weighted by Crippen LogP contribution is 2.30. The van der Waals surface area contributed by atoms with Gasteiger partial charge in [-0.1, -0.05) is 61.5 Å². The van der Waals surface area contributed by atoms with Crippen LogP contribution in [0.1, 0.15) is 41.0 Å². The molecule has 0 saturated heterocycles. The number of aryl methyl sites for hydroxylation is 2. The molecule has 1 N–H and O–H groups in total. The topological polar surface area (TPSA) is 42.0 Å². The number of carbonyl (C=O) groups is 1. The Kier molecular flexibility index (Phi) is 5.84. The molecule has 0 saturated carbocycles. The molecular formula is C22H24N2OS. The van der Waals surface area contributed by atoms with E-state index in [-0.39, 0.29) is 11.8 Å². The Bertz CT molecular complexity index is 886. The Labute approximate surface area is 159 Å². The van der Waals surface area contributed by atoms with Crippen molar-refractivity contribution in [2.45, 2.75) is 39.7 Å². The van der Waals surface area contributed by atoms with Gasteiger partial charge in [0.05, 0.1) is 18.2 Å². The molecule has 0 aliphatic rings. The molecule has 134 valence electrons. The van der Waals surface area contributed by atoms with Gasteiger partial charge >= 0.3 is 0 Å². The van der Waals surface area contributed by atoms with Crippen LogP contribution in [0.2, 0.25) is 0 Å². The highest BCUT2D eigenvalue weighted by atomic mass is 32.1. The summed E-state index contributed by atoms with van der Waals surface area (Å²) in [6.45, 7) is 6.68. The lowest BCUT2D eigenvalue weighted by molar-refractivity contribution is -0.122. The highest BCUT2D eigenvalue weighted by molar-refractivity contribution is 7.15. The zero-order valence-corrected chi connectivity index (χ0v) is 16.3. The van der Waals surface area contributed by atoms with E-state index in [0.29, 0.717) is 6.54 Å². The molecule has 3 nitrogen and oxygen atoms in total. The summed E-state index contributed by atoms with van der Waals surface area (Å²) in [5.41, 5.74) is 4.43. The smallest absolute Gasteiger partial charge is 0.227 e. The maximum atomic E-state index is 12.7. The predicted octanol–water partition coefficient (Wildman–Crippen LogP) is 5.24. The van der Waals surface area contributed by atoms with E-state index in [1.165, 1.54) is 5.56 Å². The molecule has 0 bridgehead atoms. The summed E-state index contributed by atoms with van der Waals surface area (Å²) >= 11 is 1.66. The van der Waals surface area contributed by atoms with Gasteiger partial charge in [0, 0.05) is 10.4 Å². The summed E-state index contributed by atoms with van der Waals surface area (Å²) in [5, 5.41) is 4.11. The molecule has 0 aliphatic heterocycles. The third-order valence-corrected chi connectivity index (χ3v) is 5.81. The first-order valence-corrected chi connectivity index (χ1v) is 9.76. The lowest BCUT2D eigenvalue weighted by Gasteiger charge is -2.15. The van der Waals surface area contributed by atoms with Crippen molar-refractivity contribution in [3.8, 4) is 10.6 Å². The number of nitrogens with zero attached hydrogens (tertiary/aromatic N) is 1. The second kappa shape index (κ2) is 8.28. The standard InChI is InChI=1S/C22H24N2OS/c1-4-18(17-11-6-5-7-12-17)21(25)23-14-20-16(3)24-22(26-20)19-13-9-8-10-15(19)2/h5-13,18H,4,14H2,1-3H3,(H,23,25). The van der Waals surface area contributed by atoms with Gasteiger partial charge in [-0.2, -0.15) is 0 Å². The summed E-state index contributed by atoms with van der Waals surface area (Å²) < 4.78 is 0. The monoisotopic (exact) mass is 364 g/mol. The molecule has 1 amide bonds. The van der Waals surface area contributed by atoms with Crippen molar-refractivity contribution in [3.05, 3.63) is 76.3 Å². The minimum Gasteiger partial charge on any atom is -0.351 e. The molecule has 3 rings (SSSR count). The molecule has 1 unspecified atom stereocenters. The summed E-state index contributed by atoms with van der Waals surface area (Å²) in [6.07, 6.45) is 0.784. The highest BCUT2D eigenvalue weighted by Gasteiger charge is 2.19. The minimum absolute atomic E-state index is 0.0731. The first kappa shape index (κ1) is 18.3. The van der Waals surface area contributed by atoms with Crippen LogP contribution < -0.4 is 5.32 Å². The molecule has 3 aromatic rings. The molecule has 0 fully saturated rings. The van der Waals surface area contributed by atoms with Gasteiger partial charge in [0.25, 0.3) is 0 Å². The second-order valence-corrected chi connectivity index (χ2v) is 7.52. The number of benzene rings is 2. The van der Waals surface area contributed by atoms with E-state index in [2.05, 4.69) is 24.4 Å². The molecule has 4 heteroatoms. The van der Waals surface area contributed by atoms with Crippen LogP contribution in [-0.2, 0) is 11.3 Å². The zero-order valence-electron chi connectivity index (χ0n) is 15.5. The van der Waals surface area contributed by atoms with Gasteiger partial charge in [-0.15, -0.1) is 11.3 Å². The SMILES string of the molecule is CCC(C(=O)NCc1sc(-c2ccccc2C)nc1C)c1ccccc1. The van der Waals surface area contributed by atoms with Crippen LogP contribution in [0.4, 0.5) is 0 Å². The van der Waals surface area contributed by atoms with Crippen molar-refractivity contribution in [1.82, 2.24) is 10.3 Å².